The molecular formula is C28H35N7O4. The van der Waals surface area contributed by atoms with Crippen LogP contribution in [0.4, 0.5) is 11.8 Å². The van der Waals surface area contributed by atoms with Crippen LogP contribution in [0, 0.1) is 0 Å². The summed E-state index contributed by atoms with van der Waals surface area (Å²) in [6, 6.07) is 16.3. The average molecular weight is 534 g/mol. The molecule has 1 fully saturated rings. The molecule has 0 aliphatic carbocycles. The van der Waals surface area contributed by atoms with Crippen LogP contribution in [-0.4, -0.2) is 68.7 Å². The first kappa shape index (κ1) is 26.8. The third-order valence-corrected chi connectivity index (χ3v) is 6.71. The van der Waals surface area contributed by atoms with Gasteiger partial charge in [-0.25, -0.2) is 15.0 Å². The summed E-state index contributed by atoms with van der Waals surface area (Å²) in [5, 5.41) is 25.1. The predicted octanol–water partition coefficient (Wildman–Crippen LogP) is 2.71. The molecule has 4 aromatic rings. The van der Waals surface area contributed by atoms with E-state index in [1.54, 1.807) is 0 Å². The molecule has 0 amide bonds. The molecular weight excluding hydrogens is 498 g/mol. The fraction of sp³-hybridized carbons (Fsp3) is 0.393. The number of imidazole rings is 1. The third-order valence-electron chi connectivity index (χ3n) is 6.71. The number of nitrogens with zero attached hydrogens (tertiary/aromatic N) is 4. The molecule has 1 saturated heterocycles. The Hall–Kier alpha value is -3.77. The van der Waals surface area contributed by atoms with Crippen LogP contribution in [-0.2, 0) is 11.3 Å². The van der Waals surface area contributed by atoms with Crippen molar-refractivity contribution < 1.29 is 19.7 Å². The number of aliphatic hydroxyl groups excluding tert-OH is 2. The normalized spacial score (nSPS) is 17.1. The van der Waals surface area contributed by atoms with E-state index in [9.17, 15) is 5.11 Å². The summed E-state index contributed by atoms with van der Waals surface area (Å²) < 4.78 is 14.2. The summed E-state index contributed by atoms with van der Waals surface area (Å²) in [6.07, 6.45) is 3.18. The van der Waals surface area contributed by atoms with Gasteiger partial charge in [-0.3, -0.25) is 4.57 Å². The van der Waals surface area contributed by atoms with Gasteiger partial charge in [0.15, 0.2) is 17.0 Å². The molecule has 1 aliphatic rings. The maximum atomic E-state index is 9.57. The van der Waals surface area contributed by atoms with E-state index in [1.807, 2.05) is 28.8 Å². The molecule has 39 heavy (non-hydrogen) atoms. The number of fused-ring (bicyclic) bond motifs is 1. The zero-order valence-corrected chi connectivity index (χ0v) is 21.8. The minimum Gasteiger partial charge on any atom is -0.493 e. The Morgan fingerprint density at radius 3 is 2.74 bits per heavy atom. The van der Waals surface area contributed by atoms with E-state index < -0.39 is 0 Å². The number of aromatic nitrogens is 4. The van der Waals surface area contributed by atoms with Crippen molar-refractivity contribution in [3.05, 3.63) is 60.4 Å². The van der Waals surface area contributed by atoms with Gasteiger partial charge in [-0.1, -0.05) is 42.5 Å². The maximum absolute atomic E-state index is 9.57. The third kappa shape index (κ3) is 6.28. The predicted molar refractivity (Wildman–Crippen MR) is 149 cm³/mol. The topological polar surface area (TPSA) is 153 Å². The van der Waals surface area contributed by atoms with Crippen LogP contribution in [0.2, 0.25) is 0 Å². The highest BCUT2D eigenvalue weighted by molar-refractivity contribution is 5.84. The second kappa shape index (κ2) is 12.9. The molecule has 11 nitrogen and oxygen atoms in total. The fourth-order valence-electron chi connectivity index (χ4n) is 4.75. The molecule has 0 saturated carbocycles. The van der Waals surface area contributed by atoms with Crippen molar-refractivity contribution in [2.75, 3.05) is 44.0 Å². The number of nitrogen functional groups attached to an aromatic ring is 1. The Morgan fingerprint density at radius 2 is 1.95 bits per heavy atom. The van der Waals surface area contributed by atoms with Crippen molar-refractivity contribution in [2.45, 2.75) is 38.1 Å². The lowest BCUT2D eigenvalue weighted by Gasteiger charge is -2.18. The van der Waals surface area contributed by atoms with E-state index in [1.165, 1.54) is 6.33 Å². The number of hydrogen-bond acceptors (Lipinski definition) is 10. The van der Waals surface area contributed by atoms with Crippen LogP contribution in [0.15, 0.2) is 54.9 Å². The largest absolute Gasteiger partial charge is 0.493 e. The van der Waals surface area contributed by atoms with E-state index >= 15 is 0 Å². The number of nitrogens with two attached hydrogens (primary N) is 1. The fourth-order valence-corrected chi connectivity index (χ4v) is 4.75. The highest BCUT2D eigenvalue weighted by Crippen LogP contribution is 2.35. The smallest absolute Gasteiger partial charge is 0.207 e. The van der Waals surface area contributed by atoms with Gasteiger partial charge >= 0.3 is 0 Å². The molecule has 1 aliphatic heterocycles. The monoisotopic (exact) mass is 533 g/mol. The van der Waals surface area contributed by atoms with Gasteiger partial charge in [0.1, 0.15) is 18.3 Å². The maximum Gasteiger partial charge on any atom is 0.207 e. The van der Waals surface area contributed by atoms with Crippen LogP contribution in [0.5, 0.6) is 5.75 Å². The molecule has 0 bridgehead atoms. The van der Waals surface area contributed by atoms with Gasteiger partial charge in [0.2, 0.25) is 5.95 Å². The van der Waals surface area contributed by atoms with Crippen LogP contribution in [0.3, 0.4) is 0 Å². The van der Waals surface area contributed by atoms with Gasteiger partial charge in [0.05, 0.1) is 25.9 Å². The molecule has 2 aromatic carbocycles. The number of ether oxygens (including phenoxy) is 2. The molecule has 2 aromatic heterocycles. The van der Waals surface area contributed by atoms with Crippen molar-refractivity contribution in [3.63, 3.8) is 0 Å². The van der Waals surface area contributed by atoms with Crippen molar-refractivity contribution in [1.29, 1.82) is 0 Å². The van der Waals surface area contributed by atoms with Crippen LogP contribution in [0.1, 0.15) is 31.1 Å². The van der Waals surface area contributed by atoms with E-state index in [2.05, 4.69) is 44.9 Å². The lowest BCUT2D eigenvalue weighted by atomic mass is 10.0. The number of anilines is 2. The minimum absolute atomic E-state index is 0.0307. The SMILES string of the molecule is Nc1ncnc2c1nc(NCc1ccc(-c3ccccc3)c(OCCCNCCO)c1)n2[C@H]1CC[C@@H](CO)O1. The highest BCUT2D eigenvalue weighted by Gasteiger charge is 2.30. The Balaban J connectivity index is 1.37. The van der Waals surface area contributed by atoms with E-state index in [4.69, 9.17) is 25.3 Å². The van der Waals surface area contributed by atoms with Crippen LogP contribution >= 0.6 is 0 Å². The van der Waals surface area contributed by atoms with Gasteiger partial charge in [0, 0.05) is 18.7 Å². The molecule has 3 heterocycles. The first-order valence-electron chi connectivity index (χ1n) is 13.3. The molecule has 0 spiro atoms. The number of aliphatic hydroxyl groups is 2. The van der Waals surface area contributed by atoms with E-state index in [-0.39, 0.29) is 25.5 Å². The van der Waals surface area contributed by atoms with E-state index in [0.29, 0.717) is 42.6 Å². The first-order valence-corrected chi connectivity index (χ1v) is 13.3. The highest BCUT2D eigenvalue weighted by atomic mass is 16.5. The lowest BCUT2D eigenvalue weighted by Crippen LogP contribution is -2.21. The zero-order valence-electron chi connectivity index (χ0n) is 21.8. The number of hydrogen-bond donors (Lipinski definition) is 5. The van der Waals surface area contributed by atoms with Gasteiger partial charge in [-0.2, -0.15) is 0 Å². The number of benzene rings is 2. The molecule has 206 valence electrons. The summed E-state index contributed by atoms with van der Waals surface area (Å²) in [5.74, 6) is 1.68. The molecule has 0 unspecified atom stereocenters. The molecule has 0 radical (unpaired) electrons. The van der Waals surface area contributed by atoms with Gasteiger partial charge in [0.25, 0.3) is 0 Å². The Bertz CT molecular complexity index is 1370. The minimum atomic E-state index is -0.317. The summed E-state index contributed by atoms with van der Waals surface area (Å²) in [7, 11) is 0. The van der Waals surface area contributed by atoms with Crippen LogP contribution in [0.25, 0.3) is 22.3 Å². The van der Waals surface area contributed by atoms with Gasteiger partial charge in [-0.15, -0.1) is 0 Å². The van der Waals surface area contributed by atoms with Crippen molar-refractivity contribution in [1.82, 2.24) is 24.8 Å². The Morgan fingerprint density at radius 1 is 1.08 bits per heavy atom. The average Bonchev–Trinajstić information content (AvgIpc) is 3.59. The molecule has 5 rings (SSSR count). The quantitative estimate of drug-likeness (QED) is 0.162. The second-order valence-electron chi connectivity index (χ2n) is 9.43. The molecule has 6 N–H and O–H groups in total. The lowest BCUT2D eigenvalue weighted by molar-refractivity contribution is -0.0197. The van der Waals surface area contributed by atoms with Crippen molar-refractivity contribution >= 4 is 22.9 Å². The zero-order chi connectivity index (χ0) is 27.0. The second-order valence-corrected chi connectivity index (χ2v) is 9.43. The standard InChI is InChI=1S/C28H35N7O4/c29-26-25-27(33-18-32-26)35(24-10-8-21(17-37)39-24)28(34-25)31-16-19-7-9-22(20-5-2-1-3-6-20)23(15-19)38-14-4-11-30-12-13-36/h1-3,5-7,9,15,18,21,24,30,36-37H,4,8,10-14,16-17H2,(H,31,34)(H2,29,32,33)/t21-,24+/m0/s1. The summed E-state index contributed by atoms with van der Waals surface area (Å²) in [6.45, 7) is 2.47. The van der Waals surface area contributed by atoms with Gasteiger partial charge < -0.3 is 36.1 Å². The Kier molecular flexibility index (Phi) is 8.84. The van der Waals surface area contributed by atoms with E-state index in [0.717, 1.165) is 48.2 Å². The van der Waals surface area contributed by atoms with Crippen molar-refractivity contribution in [2.24, 2.45) is 0 Å². The Labute approximate surface area is 227 Å². The summed E-state index contributed by atoms with van der Waals surface area (Å²) >= 11 is 0. The summed E-state index contributed by atoms with van der Waals surface area (Å²) in [4.78, 5) is 13.2. The number of nitrogens with one attached hydrogen (secondary N) is 2. The van der Waals surface area contributed by atoms with Gasteiger partial charge in [-0.05, 0) is 43.0 Å². The molecule has 11 heteroatoms. The first-order chi connectivity index (χ1) is 19.2. The number of rotatable bonds is 13. The van der Waals surface area contributed by atoms with Crippen molar-refractivity contribution in [3.8, 4) is 16.9 Å². The van der Waals surface area contributed by atoms with Crippen LogP contribution < -0.4 is 21.1 Å². The summed E-state index contributed by atoms with van der Waals surface area (Å²) in [5.41, 5.74) is 10.3. The molecule has 2 atom stereocenters.